The molecule has 11 heteroatoms. The molecule has 186 valence electrons. The van der Waals surface area contributed by atoms with E-state index in [0.717, 1.165) is 35.4 Å². The summed E-state index contributed by atoms with van der Waals surface area (Å²) in [5.74, 6) is 0.899. The molecule has 6 rings (SSSR count). The van der Waals surface area contributed by atoms with Gasteiger partial charge in [-0.2, -0.15) is 4.98 Å². The first-order valence-electron chi connectivity index (χ1n) is 11.9. The Balaban J connectivity index is 1.23. The highest BCUT2D eigenvalue weighted by Crippen LogP contribution is 2.30. The highest BCUT2D eigenvalue weighted by Gasteiger charge is 2.37. The number of nitrogens with zero attached hydrogens (tertiary/aromatic N) is 6. The van der Waals surface area contributed by atoms with Crippen molar-refractivity contribution in [1.82, 2.24) is 24.8 Å². The molecule has 0 spiro atoms. The lowest BCUT2D eigenvalue weighted by Crippen LogP contribution is -2.43. The van der Waals surface area contributed by atoms with E-state index in [-0.39, 0.29) is 0 Å². The summed E-state index contributed by atoms with van der Waals surface area (Å²) in [7, 11) is -1.92. The monoisotopic (exact) mass is 504 g/mol. The molecule has 0 radical (unpaired) electrons. The molecule has 36 heavy (non-hydrogen) atoms. The molecule has 2 unspecified atom stereocenters. The van der Waals surface area contributed by atoms with E-state index in [1.165, 1.54) is 29.7 Å². The van der Waals surface area contributed by atoms with Crippen LogP contribution in [0.25, 0.3) is 11.0 Å². The minimum Gasteiger partial charge on any atom is -0.366 e. The number of aromatic nitrogens is 4. The normalized spacial score (nSPS) is 19.2. The molecule has 0 aliphatic carbocycles. The van der Waals surface area contributed by atoms with Gasteiger partial charge in [-0.3, -0.25) is 4.31 Å². The SMILES string of the molecule is CN(c1ncccc1Cn1ccc2cnc(Nc3ccc(N4CC5CC4CN5)cc3)nc21)S(C)(=O)=O. The number of anilines is 4. The minimum absolute atomic E-state index is 0.399. The van der Waals surface area contributed by atoms with Crippen molar-refractivity contribution in [1.29, 1.82) is 0 Å². The molecule has 2 aliphatic rings. The van der Waals surface area contributed by atoms with Crippen LogP contribution >= 0.6 is 0 Å². The smallest absolute Gasteiger partial charge is 0.233 e. The first-order chi connectivity index (χ1) is 17.3. The van der Waals surface area contributed by atoms with Crippen molar-refractivity contribution in [3.8, 4) is 0 Å². The fourth-order valence-corrected chi connectivity index (χ4v) is 5.56. The molecule has 2 aliphatic heterocycles. The third-order valence-electron chi connectivity index (χ3n) is 7.02. The summed E-state index contributed by atoms with van der Waals surface area (Å²) in [5, 5.41) is 7.75. The van der Waals surface area contributed by atoms with Crippen molar-refractivity contribution in [2.24, 2.45) is 0 Å². The Morgan fingerprint density at radius 1 is 1.17 bits per heavy atom. The third-order valence-corrected chi connectivity index (χ3v) is 8.19. The zero-order chi connectivity index (χ0) is 24.9. The van der Waals surface area contributed by atoms with Crippen LogP contribution in [0.1, 0.15) is 12.0 Å². The molecular weight excluding hydrogens is 476 g/mol. The van der Waals surface area contributed by atoms with Gasteiger partial charge in [-0.1, -0.05) is 6.07 Å². The highest BCUT2D eigenvalue weighted by molar-refractivity contribution is 7.92. The fraction of sp³-hybridized carbons (Fsp3) is 0.320. The van der Waals surface area contributed by atoms with Crippen LogP contribution in [0, 0.1) is 0 Å². The van der Waals surface area contributed by atoms with E-state index in [1.54, 1.807) is 18.5 Å². The van der Waals surface area contributed by atoms with E-state index < -0.39 is 10.0 Å². The lowest BCUT2D eigenvalue weighted by atomic mass is 10.2. The standard InChI is InChI=1S/C25H28N8O2S/c1-31(36(2,34)35)23-18(4-3-10-26-23)15-32-11-9-17-13-28-25(30-24(17)32)29-19-5-7-21(8-6-19)33-16-20-12-22(33)14-27-20/h3-11,13,20,22,27H,12,14-16H2,1-2H3,(H,28,29,30). The van der Waals surface area contributed by atoms with E-state index >= 15 is 0 Å². The highest BCUT2D eigenvalue weighted by atomic mass is 32.2. The van der Waals surface area contributed by atoms with E-state index in [1.807, 2.05) is 22.9 Å². The lowest BCUT2D eigenvalue weighted by Gasteiger charge is -2.29. The average molecular weight is 505 g/mol. The zero-order valence-electron chi connectivity index (χ0n) is 20.2. The number of nitrogens with one attached hydrogen (secondary N) is 2. The first-order valence-corrected chi connectivity index (χ1v) is 13.8. The van der Waals surface area contributed by atoms with E-state index in [9.17, 15) is 8.42 Å². The summed E-state index contributed by atoms with van der Waals surface area (Å²) in [6.07, 6.45) is 7.69. The molecule has 4 aromatic rings. The lowest BCUT2D eigenvalue weighted by molar-refractivity contribution is 0.580. The van der Waals surface area contributed by atoms with Gasteiger partial charge in [-0.25, -0.2) is 18.4 Å². The van der Waals surface area contributed by atoms with Gasteiger partial charge < -0.3 is 20.1 Å². The van der Waals surface area contributed by atoms with Crippen LogP contribution < -0.4 is 19.8 Å². The Kier molecular flexibility index (Phi) is 5.53. The quantitative estimate of drug-likeness (QED) is 0.395. The second-order valence-corrected chi connectivity index (χ2v) is 11.5. The Labute approximate surface area is 210 Å². The molecule has 1 aromatic carbocycles. The van der Waals surface area contributed by atoms with Gasteiger partial charge in [-0.05, 0) is 42.8 Å². The Bertz CT molecular complexity index is 1520. The van der Waals surface area contributed by atoms with Crippen molar-refractivity contribution in [2.75, 3.05) is 40.9 Å². The van der Waals surface area contributed by atoms with E-state index in [0.29, 0.717) is 30.4 Å². The number of hydrogen-bond acceptors (Lipinski definition) is 8. The summed E-state index contributed by atoms with van der Waals surface area (Å²) in [6.45, 7) is 2.54. The van der Waals surface area contributed by atoms with Gasteiger partial charge in [0.1, 0.15) is 11.5 Å². The second-order valence-electron chi connectivity index (χ2n) is 9.45. The van der Waals surface area contributed by atoms with Gasteiger partial charge in [-0.15, -0.1) is 0 Å². The summed E-state index contributed by atoms with van der Waals surface area (Å²) in [6, 6.07) is 15.2. The predicted molar refractivity (Wildman–Crippen MR) is 141 cm³/mol. The van der Waals surface area contributed by atoms with Gasteiger partial charge in [0.25, 0.3) is 0 Å². The van der Waals surface area contributed by atoms with Crippen LogP contribution in [0.5, 0.6) is 0 Å². The summed E-state index contributed by atoms with van der Waals surface area (Å²) < 4.78 is 27.3. The Morgan fingerprint density at radius 2 is 2.00 bits per heavy atom. The van der Waals surface area contributed by atoms with Gasteiger partial charge in [0, 0.05) is 73.1 Å². The molecule has 2 atom stereocenters. The molecule has 0 amide bonds. The van der Waals surface area contributed by atoms with Crippen molar-refractivity contribution >= 4 is 44.2 Å². The maximum Gasteiger partial charge on any atom is 0.233 e. The number of benzene rings is 1. The molecule has 2 saturated heterocycles. The number of sulfonamides is 1. The van der Waals surface area contributed by atoms with Crippen LogP contribution in [-0.4, -0.2) is 66.4 Å². The number of fused-ring (bicyclic) bond motifs is 3. The van der Waals surface area contributed by atoms with Gasteiger partial charge in [0.05, 0.1) is 12.8 Å². The fourth-order valence-electron chi connectivity index (χ4n) is 5.08. The van der Waals surface area contributed by atoms with E-state index in [4.69, 9.17) is 4.98 Å². The van der Waals surface area contributed by atoms with Crippen molar-refractivity contribution < 1.29 is 8.42 Å². The summed E-state index contributed by atoms with van der Waals surface area (Å²) in [5.41, 5.74) is 3.69. The van der Waals surface area contributed by atoms with Crippen molar-refractivity contribution in [3.05, 3.63) is 66.6 Å². The van der Waals surface area contributed by atoms with Crippen LogP contribution in [0.15, 0.2) is 61.1 Å². The Hall–Kier alpha value is -3.70. The van der Waals surface area contributed by atoms with Crippen molar-refractivity contribution in [2.45, 2.75) is 25.0 Å². The number of rotatable bonds is 7. The van der Waals surface area contributed by atoms with Gasteiger partial charge >= 0.3 is 0 Å². The Morgan fingerprint density at radius 3 is 2.72 bits per heavy atom. The third kappa shape index (κ3) is 4.24. The maximum atomic E-state index is 12.1. The molecule has 2 bridgehead atoms. The minimum atomic E-state index is -3.43. The second kappa shape index (κ2) is 8.75. The average Bonchev–Trinajstić information content (AvgIpc) is 3.60. The number of piperazine rings is 1. The van der Waals surface area contributed by atoms with E-state index in [2.05, 4.69) is 49.8 Å². The van der Waals surface area contributed by atoms with Crippen LogP contribution in [-0.2, 0) is 16.6 Å². The maximum absolute atomic E-state index is 12.1. The summed E-state index contributed by atoms with van der Waals surface area (Å²) in [4.78, 5) is 16.0. The molecule has 10 nitrogen and oxygen atoms in total. The number of hydrogen-bond donors (Lipinski definition) is 2. The number of pyridine rings is 1. The largest absolute Gasteiger partial charge is 0.366 e. The van der Waals surface area contributed by atoms with Crippen LogP contribution in [0.2, 0.25) is 0 Å². The topological polar surface area (TPSA) is 108 Å². The zero-order valence-corrected chi connectivity index (χ0v) is 21.0. The molecule has 2 N–H and O–H groups in total. The van der Waals surface area contributed by atoms with Crippen LogP contribution in [0.4, 0.5) is 23.1 Å². The van der Waals surface area contributed by atoms with Crippen LogP contribution in [0.3, 0.4) is 0 Å². The first kappa shape index (κ1) is 22.7. The van der Waals surface area contributed by atoms with Gasteiger partial charge in [0.15, 0.2) is 0 Å². The molecule has 0 saturated carbocycles. The molecule has 2 fully saturated rings. The summed E-state index contributed by atoms with van der Waals surface area (Å²) >= 11 is 0. The van der Waals surface area contributed by atoms with Crippen molar-refractivity contribution in [3.63, 3.8) is 0 Å². The molecule has 5 heterocycles. The van der Waals surface area contributed by atoms with Gasteiger partial charge in [0.2, 0.25) is 16.0 Å². The molecule has 3 aromatic heterocycles. The predicted octanol–water partition coefficient (Wildman–Crippen LogP) is 2.56. The molecular formula is C25H28N8O2S.